The van der Waals surface area contributed by atoms with E-state index in [9.17, 15) is 0 Å². The number of fused-ring (bicyclic) bond motifs is 3. The molecule has 122 valence electrons. The van der Waals surface area contributed by atoms with Gasteiger partial charge < -0.3 is 4.74 Å². The SMILES string of the molecule is COc1ccc2c(c1C(C)C)CCC1C(C)(C)CCCC21C. The third kappa shape index (κ3) is 2.20. The summed E-state index contributed by atoms with van der Waals surface area (Å²) in [5.74, 6) is 2.43. The Kier molecular flexibility index (Phi) is 3.82. The number of benzene rings is 1. The number of hydrogen-bond acceptors (Lipinski definition) is 1. The van der Waals surface area contributed by atoms with E-state index >= 15 is 0 Å². The summed E-state index contributed by atoms with van der Waals surface area (Å²) in [6.07, 6.45) is 6.66. The van der Waals surface area contributed by atoms with Crippen molar-refractivity contribution in [2.75, 3.05) is 7.11 Å². The highest BCUT2D eigenvalue weighted by Gasteiger charge is 2.50. The molecule has 0 aromatic heterocycles. The molecule has 1 fully saturated rings. The maximum absolute atomic E-state index is 5.68. The van der Waals surface area contributed by atoms with Crippen LogP contribution in [0.5, 0.6) is 5.75 Å². The Morgan fingerprint density at radius 1 is 1.14 bits per heavy atom. The third-order valence-corrected chi connectivity index (χ3v) is 6.64. The minimum Gasteiger partial charge on any atom is -0.496 e. The molecule has 0 N–H and O–H groups in total. The fourth-order valence-corrected chi connectivity index (χ4v) is 5.70. The lowest BCUT2D eigenvalue weighted by Gasteiger charge is -2.54. The molecule has 1 saturated carbocycles. The van der Waals surface area contributed by atoms with Crippen molar-refractivity contribution in [3.8, 4) is 5.75 Å². The first kappa shape index (κ1) is 15.9. The second-order valence-corrected chi connectivity index (χ2v) is 8.71. The van der Waals surface area contributed by atoms with Gasteiger partial charge in [0.25, 0.3) is 0 Å². The van der Waals surface area contributed by atoms with Crippen molar-refractivity contribution in [1.82, 2.24) is 0 Å². The van der Waals surface area contributed by atoms with Crippen LogP contribution >= 0.6 is 0 Å². The van der Waals surface area contributed by atoms with Gasteiger partial charge in [-0.3, -0.25) is 0 Å². The van der Waals surface area contributed by atoms with Gasteiger partial charge in [-0.2, -0.15) is 0 Å². The molecule has 0 aliphatic heterocycles. The van der Waals surface area contributed by atoms with Gasteiger partial charge in [0.1, 0.15) is 5.75 Å². The molecule has 22 heavy (non-hydrogen) atoms. The van der Waals surface area contributed by atoms with Gasteiger partial charge in [0.05, 0.1) is 7.11 Å². The summed E-state index contributed by atoms with van der Waals surface area (Å²) < 4.78 is 5.68. The molecule has 0 bridgehead atoms. The smallest absolute Gasteiger partial charge is 0.122 e. The fraction of sp³-hybridized carbons (Fsp3) is 0.714. The van der Waals surface area contributed by atoms with Crippen LogP contribution in [-0.4, -0.2) is 7.11 Å². The molecule has 2 unspecified atom stereocenters. The lowest BCUT2D eigenvalue weighted by Crippen LogP contribution is -2.48. The zero-order valence-electron chi connectivity index (χ0n) is 15.3. The monoisotopic (exact) mass is 300 g/mol. The molecular formula is C21H32O. The van der Waals surface area contributed by atoms with E-state index in [1.807, 2.05) is 7.11 Å². The van der Waals surface area contributed by atoms with Crippen molar-refractivity contribution in [2.45, 2.75) is 78.1 Å². The topological polar surface area (TPSA) is 9.23 Å². The highest BCUT2D eigenvalue weighted by molar-refractivity contribution is 5.51. The molecule has 0 saturated heterocycles. The number of hydrogen-bond donors (Lipinski definition) is 0. The molecule has 1 heteroatoms. The molecule has 0 spiro atoms. The molecule has 3 rings (SSSR count). The first-order valence-electron chi connectivity index (χ1n) is 9.01. The van der Waals surface area contributed by atoms with Gasteiger partial charge in [-0.25, -0.2) is 0 Å². The molecule has 0 radical (unpaired) electrons. The zero-order chi connectivity index (χ0) is 16.1. The molecular weight excluding hydrogens is 268 g/mol. The van der Waals surface area contributed by atoms with Gasteiger partial charge in [-0.1, -0.05) is 47.1 Å². The van der Waals surface area contributed by atoms with Gasteiger partial charge >= 0.3 is 0 Å². The number of ether oxygens (including phenoxy) is 1. The fourth-order valence-electron chi connectivity index (χ4n) is 5.70. The molecule has 2 atom stereocenters. The summed E-state index contributed by atoms with van der Waals surface area (Å²) in [4.78, 5) is 0. The third-order valence-electron chi connectivity index (χ3n) is 6.64. The first-order chi connectivity index (χ1) is 10.3. The van der Waals surface area contributed by atoms with Gasteiger partial charge in [0, 0.05) is 5.56 Å². The number of methoxy groups -OCH3 is 1. The predicted octanol–water partition coefficient (Wildman–Crippen LogP) is 5.85. The Balaban J connectivity index is 2.17. The average molecular weight is 300 g/mol. The van der Waals surface area contributed by atoms with E-state index in [4.69, 9.17) is 4.74 Å². The average Bonchev–Trinajstić information content (AvgIpc) is 2.44. The summed E-state index contributed by atoms with van der Waals surface area (Å²) in [5, 5.41) is 0. The zero-order valence-corrected chi connectivity index (χ0v) is 15.3. The van der Waals surface area contributed by atoms with Crippen molar-refractivity contribution in [1.29, 1.82) is 0 Å². The standard InChI is InChI=1S/C21H32O/c1-14(2)19-15-8-11-18-20(3,4)12-7-13-21(18,5)16(15)9-10-17(19)22-6/h9-10,14,18H,7-8,11-13H2,1-6H3. The lowest BCUT2D eigenvalue weighted by atomic mass is 9.50. The van der Waals surface area contributed by atoms with Crippen LogP contribution in [0.2, 0.25) is 0 Å². The van der Waals surface area contributed by atoms with Gasteiger partial charge in [-0.15, -0.1) is 0 Å². The second-order valence-electron chi connectivity index (χ2n) is 8.71. The Morgan fingerprint density at radius 3 is 2.50 bits per heavy atom. The maximum atomic E-state index is 5.68. The Hall–Kier alpha value is -0.980. The molecule has 1 aromatic rings. The summed E-state index contributed by atoms with van der Waals surface area (Å²) in [6.45, 7) is 12.1. The van der Waals surface area contributed by atoms with Crippen LogP contribution in [0.25, 0.3) is 0 Å². The molecule has 1 nitrogen and oxygen atoms in total. The number of rotatable bonds is 2. The summed E-state index contributed by atoms with van der Waals surface area (Å²) in [6, 6.07) is 4.61. The van der Waals surface area contributed by atoms with Crippen molar-refractivity contribution in [2.24, 2.45) is 11.3 Å². The van der Waals surface area contributed by atoms with Gasteiger partial charge in [0.15, 0.2) is 0 Å². The van der Waals surface area contributed by atoms with Crippen LogP contribution in [0, 0.1) is 11.3 Å². The van der Waals surface area contributed by atoms with Crippen LogP contribution in [0.1, 0.15) is 82.9 Å². The van der Waals surface area contributed by atoms with Crippen LogP contribution < -0.4 is 4.74 Å². The van der Waals surface area contributed by atoms with Crippen molar-refractivity contribution in [3.63, 3.8) is 0 Å². The van der Waals surface area contributed by atoms with Gasteiger partial charge in [0.2, 0.25) is 0 Å². The summed E-state index contributed by atoms with van der Waals surface area (Å²) >= 11 is 0. The summed E-state index contributed by atoms with van der Waals surface area (Å²) in [5.41, 5.74) is 5.52. The molecule has 2 aliphatic rings. The largest absolute Gasteiger partial charge is 0.496 e. The van der Waals surface area contributed by atoms with E-state index in [0.29, 0.717) is 16.7 Å². The van der Waals surface area contributed by atoms with E-state index in [0.717, 1.165) is 11.7 Å². The minimum absolute atomic E-state index is 0.352. The molecule has 2 aliphatic carbocycles. The van der Waals surface area contributed by atoms with Crippen molar-refractivity contribution < 1.29 is 4.74 Å². The minimum atomic E-state index is 0.352. The highest BCUT2D eigenvalue weighted by atomic mass is 16.5. The summed E-state index contributed by atoms with van der Waals surface area (Å²) in [7, 11) is 1.81. The van der Waals surface area contributed by atoms with Gasteiger partial charge in [-0.05, 0) is 65.5 Å². The van der Waals surface area contributed by atoms with Crippen molar-refractivity contribution >= 4 is 0 Å². The van der Waals surface area contributed by atoms with Crippen LogP contribution in [-0.2, 0) is 11.8 Å². The Morgan fingerprint density at radius 2 is 1.86 bits per heavy atom. The van der Waals surface area contributed by atoms with E-state index in [-0.39, 0.29) is 0 Å². The lowest BCUT2D eigenvalue weighted by molar-refractivity contribution is 0.0404. The second kappa shape index (κ2) is 5.28. The normalized spacial score (nSPS) is 29.9. The molecule has 0 heterocycles. The first-order valence-corrected chi connectivity index (χ1v) is 9.01. The van der Waals surface area contributed by atoms with Crippen LogP contribution in [0.4, 0.5) is 0 Å². The van der Waals surface area contributed by atoms with E-state index in [1.54, 1.807) is 11.1 Å². The quantitative estimate of drug-likeness (QED) is 0.666. The van der Waals surface area contributed by atoms with Crippen LogP contribution in [0.3, 0.4) is 0 Å². The van der Waals surface area contributed by atoms with Crippen LogP contribution in [0.15, 0.2) is 12.1 Å². The Labute approximate surface area is 136 Å². The van der Waals surface area contributed by atoms with E-state index in [1.165, 1.54) is 37.7 Å². The maximum Gasteiger partial charge on any atom is 0.122 e. The molecule has 1 aromatic carbocycles. The van der Waals surface area contributed by atoms with E-state index in [2.05, 4.69) is 46.8 Å². The van der Waals surface area contributed by atoms with Crippen molar-refractivity contribution in [3.05, 3.63) is 28.8 Å². The predicted molar refractivity (Wildman–Crippen MR) is 93.9 cm³/mol. The highest BCUT2D eigenvalue weighted by Crippen LogP contribution is 2.58. The molecule has 0 amide bonds. The van der Waals surface area contributed by atoms with E-state index < -0.39 is 0 Å². The Bertz CT molecular complexity index is 570.